The molecule has 154 valence electrons. The van der Waals surface area contributed by atoms with Gasteiger partial charge in [-0.3, -0.25) is 9.59 Å². The second-order valence-electron chi connectivity index (χ2n) is 6.86. The van der Waals surface area contributed by atoms with E-state index in [1.54, 1.807) is 18.2 Å². The van der Waals surface area contributed by atoms with E-state index in [9.17, 15) is 14.4 Å². The summed E-state index contributed by atoms with van der Waals surface area (Å²) in [6, 6.07) is 12.8. The summed E-state index contributed by atoms with van der Waals surface area (Å²) in [5.74, 6) is -0.923. The Kier molecular flexibility index (Phi) is 7.77. The molecule has 2 aromatic rings. The highest BCUT2D eigenvalue weighted by Crippen LogP contribution is 2.16. The van der Waals surface area contributed by atoms with Crippen molar-refractivity contribution in [1.29, 1.82) is 0 Å². The third kappa shape index (κ3) is 7.29. The third-order valence-electron chi connectivity index (χ3n) is 4.33. The number of carbonyl (C=O) groups is 3. The largest absolute Gasteiger partial charge is 0.482 e. The number of amides is 2. The van der Waals surface area contributed by atoms with Gasteiger partial charge in [0.15, 0.2) is 13.2 Å². The molecule has 1 N–H and O–H groups in total. The lowest BCUT2D eigenvalue weighted by Crippen LogP contribution is -2.37. The van der Waals surface area contributed by atoms with E-state index in [0.717, 1.165) is 16.7 Å². The number of anilines is 1. The summed E-state index contributed by atoms with van der Waals surface area (Å²) in [4.78, 5) is 37.1. The average Bonchev–Trinajstić information content (AvgIpc) is 2.68. The highest BCUT2D eigenvalue weighted by Gasteiger charge is 2.15. The molecule has 0 aromatic heterocycles. The summed E-state index contributed by atoms with van der Waals surface area (Å²) in [5.41, 5.74) is 3.91. The van der Waals surface area contributed by atoms with Gasteiger partial charge in [0, 0.05) is 12.7 Å². The monoisotopic (exact) mass is 398 g/mol. The quantitative estimate of drug-likeness (QED) is 0.691. The average molecular weight is 398 g/mol. The van der Waals surface area contributed by atoms with Crippen molar-refractivity contribution in [3.8, 4) is 5.75 Å². The minimum Gasteiger partial charge on any atom is -0.482 e. The Morgan fingerprint density at radius 2 is 1.62 bits per heavy atom. The van der Waals surface area contributed by atoms with Crippen molar-refractivity contribution in [2.45, 2.75) is 20.8 Å². The molecule has 7 nitrogen and oxygen atoms in total. The number of hydrogen-bond donors (Lipinski definition) is 1. The molecule has 0 heterocycles. The summed E-state index contributed by atoms with van der Waals surface area (Å²) in [5, 5.41) is 2.71. The number of likely N-dealkylation sites (N-methyl/N-ethyl adjacent to an activating group) is 1. The van der Waals surface area contributed by atoms with Crippen molar-refractivity contribution in [1.82, 2.24) is 4.90 Å². The Morgan fingerprint density at radius 3 is 2.28 bits per heavy atom. The van der Waals surface area contributed by atoms with E-state index in [1.165, 1.54) is 11.9 Å². The van der Waals surface area contributed by atoms with Crippen molar-refractivity contribution >= 4 is 23.5 Å². The van der Waals surface area contributed by atoms with Crippen LogP contribution in [0.5, 0.6) is 5.75 Å². The predicted molar refractivity (Wildman–Crippen MR) is 110 cm³/mol. The fourth-order valence-electron chi connectivity index (χ4n) is 2.38. The second kappa shape index (κ2) is 10.3. The van der Waals surface area contributed by atoms with E-state index in [0.29, 0.717) is 11.4 Å². The zero-order chi connectivity index (χ0) is 21.4. The van der Waals surface area contributed by atoms with Crippen LogP contribution in [0.2, 0.25) is 0 Å². The number of rotatable bonds is 8. The molecule has 0 aliphatic rings. The first-order valence-corrected chi connectivity index (χ1v) is 9.21. The lowest BCUT2D eigenvalue weighted by atomic mass is 10.1. The van der Waals surface area contributed by atoms with Gasteiger partial charge in [0.1, 0.15) is 5.75 Å². The molecule has 29 heavy (non-hydrogen) atoms. The van der Waals surface area contributed by atoms with E-state index >= 15 is 0 Å². The zero-order valence-corrected chi connectivity index (χ0v) is 17.2. The van der Waals surface area contributed by atoms with E-state index in [2.05, 4.69) is 5.32 Å². The lowest BCUT2D eigenvalue weighted by molar-refractivity contribution is -0.153. The van der Waals surface area contributed by atoms with Crippen LogP contribution in [-0.2, 0) is 19.1 Å². The van der Waals surface area contributed by atoms with Gasteiger partial charge < -0.3 is 19.7 Å². The molecule has 7 heteroatoms. The van der Waals surface area contributed by atoms with Crippen molar-refractivity contribution in [2.75, 3.05) is 32.1 Å². The summed E-state index contributed by atoms with van der Waals surface area (Å²) >= 11 is 0. The Bertz CT molecular complexity index is 877. The van der Waals surface area contributed by atoms with Gasteiger partial charge in [-0.05, 0) is 56.2 Å². The van der Waals surface area contributed by atoms with Gasteiger partial charge in [-0.25, -0.2) is 4.79 Å². The molecule has 0 atom stereocenters. The highest BCUT2D eigenvalue weighted by atomic mass is 16.6. The summed E-state index contributed by atoms with van der Waals surface area (Å²) in [7, 11) is 1.47. The fraction of sp³-hybridized carbons (Fsp3) is 0.318. The first-order valence-electron chi connectivity index (χ1n) is 9.21. The summed E-state index contributed by atoms with van der Waals surface area (Å²) < 4.78 is 10.3. The molecule has 0 aliphatic carbocycles. The van der Waals surface area contributed by atoms with Crippen LogP contribution >= 0.6 is 0 Å². The summed E-state index contributed by atoms with van der Waals surface area (Å²) in [6.07, 6.45) is 0. The van der Waals surface area contributed by atoms with Crippen LogP contribution in [-0.4, -0.2) is 49.5 Å². The number of aryl methyl sites for hydroxylation is 3. The molecule has 0 spiro atoms. The van der Waals surface area contributed by atoms with Gasteiger partial charge in [-0.1, -0.05) is 23.8 Å². The highest BCUT2D eigenvalue weighted by molar-refractivity contribution is 5.94. The molecule has 0 radical (unpaired) electrons. The SMILES string of the molecule is Cc1ccc(NC(=O)CN(C)C(=O)COC(=O)COc2ccc(C)c(C)c2)cc1. The molecule has 0 fully saturated rings. The van der Waals surface area contributed by atoms with Crippen LogP contribution in [0, 0.1) is 20.8 Å². The van der Waals surface area contributed by atoms with Crippen LogP contribution in [0.15, 0.2) is 42.5 Å². The van der Waals surface area contributed by atoms with Crippen LogP contribution in [0.25, 0.3) is 0 Å². The van der Waals surface area contributed by atoms with Gasteiger partial charge in [-0.2, -0.15) is 0 Å². The Hall–Kier alpha value is -3.35. The van der Waals surface area contributed by atoms with Crippen LogP contribution < -0.4 is 10.1 Å². The second-order valence-corrected chi connectivity index (χ2v) is 6.86. The van der Waals surface area contributed by atoms with E-state index < -0.39 is 18.5 Å². The summed E-state index contributed by atoms with van der Waals surface area (Å²) in [6.45, 7) is 4.98. The minimum absolute atomic E-state index is 0.149. The van der Waals surface area contributed by atoms with E-state index in [-0.39, 0.29) is 19.1 Å². The molecule has 2 rings (SSSR count). The van der Waals surface area contributed by atoms with Crippen LogP contribution in [0.1, 0.15) is 16.7 Å². The molecule has 0 saturated carbocycles. The first kappa shape index (κ1) is 21.9. The number of esters is 1. The predicted octanol–water partition coefficient (Wildman–Crippen LogP) is 2.63. The van der Waals surface area contributed by atoms with Gasteiger partial charge >= 0.3 is 5.97 Å². The molecule has 0 unspecified atom stereocenters. The Morgan fingerprint density at radius 1 is 0.931 bits per heavy atom. The van der Waals surface area contributed by atoms with E-state index in [4.69, 9.17) is 9.47 Å². The lowest BCUT2D eigenvalue weighted by Gasteiger charge is -2.17. The Balaban J connectivity index is 1.71. The number of ether oxygens (including phenoxy) is 2. The van der Waals surface area contributed by atoms with Gasteiger partial charge in [-0.15, -0.1) is 0 Å². The third-order valence-corrected chi connectivity index (χ3v) is 4.33. The van der Waals surface area contributed by atoms with Gasteiger partial charge in [0.05, 0.1) is 6.54 Å². The molecule has 2 amide bonds. The molecular weight excluding hydrogens is 372 g/mol. The molecule has 0 bridgehead atoms. The van der Waals surface area contributed by atoms with Gasteiger partial charge in [0.2, 0.25) is 5.91 Å². The Labute approximate surface area is 170 Å². The fourth-order valence-corrected chi connectivity index (χ4v) is 2.38. The number of benzene rings is 2. The molecular formula is C22H26N2O5. The van der Waals surface area contributed by atoms with Crippen molar-refractivity contribution in [2.24, 2.45) is 0 Å². The molecule has 0 saturated heterocycles. The van der Waals surface area contributed by atoms with Crippen molar-refractivity contribution < 1.29 is 23.9 Å². The number of nitrogens with one attached hydrogen (secondary N) is 1. The zero-order valence-electron chi connectivity index (χ0n) is 17.2. The smallest absolute Gasteiger partial charge is 0.344 e. The standard InChI is InChI=1S/C22H26N2O5/c1-15-5-8-18(9-6-15)23-20(25)12-24(4)21(26)13-29-22(27)14-28-19-10-7-16(2)17(3)11-19/h5-11H,12-14H2,1-4H3,(H,23,25). The van der Waals surface area contributed by atoms with Crippen LogP contribution in [0.4, 0.5) is 5.69 Å². The number of nitrogens with zero attached hydrogens (tertiary/aromatic N) is 1. The first-order chi connectivity index (χ1) is 13.7. The maximum atomic E-state index is 12.1. The molecule has 0 aliphatic heterocycles. The number of carbonyl (C=O) groups excluding carboxylic acids is 3. The maximum absolute atomic E-state index is 12.1. The molecule has 2 aromatic carbocycles. The van der Waals surface area contributed by atoms with E-state index in [1.807, 2.05) is 45.0 Å². The number of hydrogen-bond acceptors (Lipinski definition) is 5. The van der Waals surface area contributed by atoms with Crippen molar-refractivity contribution in [3.05, 3.63) is 59.2 Å². The topological polar surface area (TPSA) is 84.9 Å². The maximum Gasteiger partial charge on any atom is 0.344 e. The minimum atomic E-state index is -0.658. The van der Waals surface area contributed by atoms with Gasteiger partial charge in [0.25, 0.3) is 5.91 Å². The van der Waals surface area contributed by atoms with Crippen molar-refractivity contribution in [3.63, 3.8) is 0 Å². The normalized spacial score (nSPS) is 10.2. The van der Waals surface area contributed by atoms with Crippen LogP contribution in [0.3, 0.4) is 0 Å².